The lowest BCUT2D eigenvalue weighted by Crippen LogP contribution is -2.44. The Labute approximate surface area is 188 Å². The van der Waals surface area contributed by atoms with Crippen LogP contribution in [-0.2, 0) is 6.54 Å². The molecule has 7 nitrogen and oxygen atoms in total. The van der Waals surface area contributed by atoms with Gasteiger partial charge >= 0.3 is 0 Å². The predicted molar refractivity (Wildman–Crippen MR) is 124 cm³/mol. The molecule has 0 spiro atoms. The molecule has 1 aliphatic rings. The summed E-state index contributed by atoms with van der Waals surface area (Å²) < 4.78 is 5.17. The molecule has 0 amide bonds. The number of methoxy groups -OCH3 is 1. The number of aromatic nitrogens is 2. The van der Waals surface area contributed by atoms with Crippen LogP contribution in [0, 0.1) is 0 Å². The molecule has 0 radical (unpaired) electrons. The number of anilines is 1. The number of pyridine rings is 2. The van der Waals surface area contributed by atoms with E-state index >= 15 is 0 Å². The van der Waals surface area contributed by atoms with Gasteiger partial charge in [-0.15, -0.1) is 24.0 Å². The minimum atomic E-state index is 0. The van der Waals surface area contributed by atoms with Gasteiger partial charge in [-0.3, -0.25) is 0 Å². The molecule has 2 N–H and O–H groups in total. The van der Waals surface area contributed by atoms with Gasteiger partial charge in [0.15, 0.2) is 5.96 Å². The van der Waals surface area contributed by atoms with Crippen LogP contribution in [-0.4, -0.2) is 48.7 Å². The Morgan fingerprint density at radius 1 is 1.36 bits per heavy atom. The summed E-state index contributed by atoms with van der Waals surface area (Å²) >= 11 is 6.27. The minimum absolute atomic E-state index is 0. The summed E-state index contributed by atoms with van der Waals surface area (Å²) in [6.45, 7) is 5.16. The number of rotatable bonds is 6. The van der Waals surface area contributed by atoms with Crippen LogP contribution in [0.1, 0.15) is 18.9 Å². The summed E-state index contributed by atoms with van der Waals surface area (Å²) in [6, 6.07) is 7.84. The molecule has 3 heterocycles. The molecule has 1 aliphatic heterocycles. The van der Waals surface area contributed by atoms with E-state index in [0.717, 1.165) is 43.4 Å². The number of guanidine groups is 1. The van der Waals surface area contributed by atoms with Crippen molar-refractivity contribution in [3.8, 4) is 5.88 Å². The summed E-state index contributed by atoms with van der Waals surface area (Å²) in [5, 5.41) is 7.51. The van der Waals surface area contributed by atoms with Gasteiger partial charge in [0.25, 0.3) is 0 Å². The number of halogens is 2. The average molecular weight is 517 g/mol. The Balaban J connectivity index is 0.00000280. The van der Waals surface area contributed by atoms with Gasteiger partial charge in [0.1, 0.15) is 5.82 Å². The van der Waals surface area contributed by atoms with Gasteiger partial charge in [-0.25, -0.2) is 15.0 Å². The van der Waals surface area contributed by atoms with E-state index in [1.54, 1.807) is 19.5 Å². The molecule has 1 atom stereocenters. The second-order valence-corrected chi connectivity index (χ2v) is 6.69. The fourth-order valence-corrected chi connectivity index (χ4v) is 3.27. The molecule has 3 rings (SSSR count). The van der Waals surface area contributed by atoms with E-state index in [1.165, 1.54) is 0 Å². The highest BCUT2D eigenvalue weighted by Gasteiger charge is 2.25. The Morgan fingerprint density at radius 3 is 2.96 bits per heavy atom. The number of aliphatic imine (C=N–C) groups is 1. The summed E-state index contributed by atoms with van der Waals surface area (Å²) in [4.78, 5) is 15.4. The van der Waals surface area contributed by atoms with Gasteiger partial charge in [0, 0.05) is 44.1 Å². The molecule has 0 aromatic carbocycles. The lowest BCUT2D eigenvalue weighted by Gasteiger charge is -2.20. The molecule has 0 saturated carbocycles. The van der Waals surface area contributed by atoms with Gasteiger partial charge in [-0.05, 0) is 37.1 Å². The van der Waals surface area contributed by atoms with Crippen LogP contribution >= 0.6 is 35.6 Å². The molecule has 2 aromatic rings. The van der Waals surface area contributed by atoms with Crippen LogP contribution in [0.25, 0.3) is 0 Å². The molecule has 9 heteroatoms. The Hall–Kier alpha value is -1.81. The van der Waals surface area contributed by atoms with Crippen LogP contribution < -0.4 is 20.3 Å². The van der Waals surface area contributed by atoms with Gasteiger partial charge < -0.3 is 20.3 Å². The van der Waals surface area contributed by atoms with E-state index in [-0.39, 0.29) is 30.0 Å². The largest absolute Gasteiger partial charge is 0.481 e. The van der Waals surface area contributed by atoms with Crippen molar-refractivity contribution in [1.82, 2.24) is 20.6 Å². The zero-order chi connectivity index (χ0) is 19.1. The monoisotopic (exact) mass is 516 g/mol. The van der Waals surface area contributed by atoms with Crippen LogP contribution in [0.3, 0.4) is 0 Å². The number of ether oxygens (including phenoxy) is 1. The molecule has 2 aromatic heterocycles. The van der Waals surface area contributed by atoms with Crippen molar-refractivity contribution in [1.29, 1.82) is 0 Å². The first-order valence-electron chi connectivity index (χ1n) is 9.08. The zero-order valence-corrected chi connectivity index (χ0v) is 19.1. The summed E-state index contributed by atoms with van der Waals surface area (Å²) in [6.07, 6.45) is 4.51. The van der Waals surface area contributed by atoms with Crippen molar-refractivity contribution in [2.75, 3.05) is 31.6 Å². The summed E-state index contributed by atoms with van der Waals surface area (Å²) in [5.41, 5.74) is 1.05. The van der Waals surface area contributed by atoms with E-state index in [4.69, 9.17) is 16.3 Å². The quantitative estimate of drug-likeness (QED) is 0.349. The van der Waals surface area contributed by atoms with Crippen LogP contribution in [0.5, 0.6) is 5.88 Å². The molecule has 0 bridgehead atoms. The second kappa shape index (κ2) is 11.3. The van der Waals surface area contributed by atoms with Crippen molar-refractivity contribution in [2.24, 2.45) is 4.99 Å². The third kappa shape index (κ3) is 6.10. The Morgan fingerprint density at radius 2 is 2.21 bits per heavy atom. The molecular formula is C19H26ClIN6O. The van der Waals surface area contributed by atoms with E-state index < -0.39 is 0 Å². The van der Waals surface area contributed by atoms with Gasteiger partial charge in [0.05, 0.1) is 18.7 Å². The maximum absolute atomic E-state index is 6.27. The third-order valence-electron chi connectivity index (χ3n) is 4.34. The number of hydrogen-bond donors (Lipinski definition) is 2. The molecule has 28 heavy (non-hydrogen) atoms. The van der Waals surface area contributed by atoms with Crippen molar-refractivity contribution < 1.29 is 4.74 Å². The standard InChI is InChI=1S/C19H25ClN6O.HI/c1-3-21-19(24-12-14-6-9-22-17(11-14)27-2)25-15-7-10-26(13-15)18-16(20)5-4-8-23-18;/h4-6,8-9,11,15H,3,7,10,12-13H2,1-2H3,(H2,21,24,25);1H. The maximum atomic E-state index is 6.27. The lowest BCUT2D eigenvalue weighted by molar-refractivity contribution is 0.397. The number of hydrogen-bond acceptors (Lipinski definition) is 5. The van der Waals surface area contributed by atoms with E-state index in [2.05, 4.69) is 37.4 Å². The minimum Gasteiger partial charge on any atom is -0.481 e. The maximum Gasteiger partial charge on any atom is 0.213 e. The van der Waals surface area contributed by atoms with E-state index in [9.17, 15) is 0 Å². The molecule has 1 fully saturated rings. The van der Waals surface area contributed by atoms with Crippen molar-refractivity contribution in [3.05, 3.63) is 47.2 Å². The van der Waals surface area contributed by atoms with Crippen LogP contribution in [0.4, 0.5) is 5.82 Å². The highest BCUT2D eigenvalue weighted by atomic mass is 127. The first-order valence-corrected chi connectivity index (χ1v) is 9.46. The first-order chi connectivity index (χ1) is 13.2. The summed E-state index contributed by atoms with van der Waals surface area (Å²) in [7, 11) is 1.61. The van der Waals surface area contributed by atoms with Gasteiger partial charge in [-0.2, -0.15) is 0 Å². The zero-order valence-electron chi connectivity index (χ0n) is 16.1. The van der Waals surface area contributed by atoms with E-state index in [1.807, 2.05) is 24.3 Å². The first kappa shape index (κ1) is 22.5. The van der Waals surface area contributed by atoms with Gasteiger partial charge in [0.2, 0.25) is 5.88 Å². The lowest BCUT2D eigenvalue weighted by atomic mass is 10.2. The fourth-order valence-electron chi connectivity index (χ4n) is 3.02. The van der Waals surface area contributed by atoms with E-state index in [0.29, 0.717) is 17.4 Å². The molecule has 1 saturated heterocycles. The average Bonchev–Trinajstić information content (AvgIpc) is 3.15. The molecule has 152 valence electrons. The molecule has 0 aliphatic carbocycles. The molecular weight excluding hydrogens is 491 g/mol. The second-order valence-electron chi connectivity index (χ2n) is 6.29. The highest BCUT2D eigenvalue weighted by Crippen LogP contribution is 2.25. The third-order valence-corrected chi connectivity index (χ3v) is 4.64. The topological polar surface area (TPSA) is 74.7 Å². The Bertz CT molecular complexity index is 791. The Kier molecular flexibility index (Phi) is 9.04. The van der Waals surface area contributed by atoms with Crippen molar-refractivity contribution in [3.63, 3.8) is 0 Å². The number of nitrogens with one attached hydrogen (secondary N) is 2. The number of nitrogens with zero attached hydrogens (tertiary/aromatic N) is 4. The SMILES string of the molecule is CCNC(=NCc1ccnc(OC)c1)NC1CCN(c2ncccc2Cl)C1.I. The fraction of sp³-hybridized carbons (Fsp3) is 0.421. The van der Waals surface area contributed by atoms with Gasteiger partial charge in [-0.1, -0.05) is 11.6 Å². The normalized spacial score (nSPS) is 16.5. The van der Waals surface area contributed by atoms with Crippen molar-refractivity contribution in [2.45, 2.75) is 25.9 Å². The van der Waals surface area contributed by atoms with Crippen LogP contribution in [0.2, 0.25) is 5.02 Å². The van der Waals surface area contributed by atoms with Crippen molar-refractivity contribution >= 4 is 47.4 Å². The smallest absolute Gasteiger partial charge is 0.213 e. The molecule has 1 unspecified atom stereocenters. The highest BCUT2D eigenvalue weighted by molar-refractivity contribution is 14.0. The summed E-state index contributed by atoms with van der Waals surface area (Å²) in [5.74, 6) is 2.24. The van der Waals surface area contributed by atoms with Crippen LogP contribution in [0.15, 0.2) is 41.7 Å². The predicted octanol–water partition coefficient (Wildman–Crippen LogP) is 3.09.